The summed E-state index contributed by atoms with van der Waals surface area (Å²) in [5.74, 6) is -1.10. The fraction of sp³-hybridized carbons (Fsp3) is 0.188. The van der Waals surface area contributed by atoms with Crippen LogP contribution in [0.5, 0.6) is 0 Å². The smallest absolute Gasteiger partial charge is 0.147 e. The van der Waals surface area contributed by atoms with Gasteiger partial charge in [-0.15, -0.1) is 11.8 Å². The lowest BCUT2D eigenvalue weighted by molar-refractivity contribution is -0.116. The summed E-state index contributed by atoms with van der Waals surface area (Å²) in [6.45, 7) is 2.00. The average Bonchev–Trinajstić information content (AvgIpc) is 2.41. The number of ketones is 1. The molecule has 104 valence electrons. The Hall–Kier alpha value is -1.68. The summed E-state index contributed by atoms with van der Waals surface area (Å²) in [6, 6.07) is 11.1. The van der Waals surface area contributed by atoms with Crippen molar-refractivity contribution in [2.24, 2.45) is 0 Å². The Morgan fingerprint density at radius 2 is 1.80 bits per heavy atom. The van der Waals surface area contributed by atoms with E-state index in [1.54, 1.807) is 0 Å². The third-order valence-electron chi connectivity index (χ3n) is 2.82. The molecule has 0 aromatic heterocycles. The molecule has 0 aliphatic heterocycles. The molecule has 1 nitrogen and oxygen atoms in total. The first kappa shape index (κ1) is 14.7. The van der Waals surface area contributed by atoms with Gasteiger partial charge < -0.3 is 0 Å². The second-order valence-electron chi connectivity index (χ2n) is 4.55. The zero-order valence-electron chi connectivity index (χ0n) is 11.0. The molecule has 2 rings (SSSR count). The highest BCUT2D eigenvalue weighted by atomic mass is 32.2. The number of rotatable bonds is 5. The molecule has 0 unspecified atom stereocenters. The summed E-state index contributed by atoms with van der Waals surface area (Å²) < 4.78 is 26.2. The molecular weight excluding hydrogens is 278 g/mol. The molecule has 0 fully saturated rings. The van der Waals surface area contributed by atoms with Crippen molar-refractivity contribution in [3.8, 4) is 0 Å². The van der Waals surface area contributed by atoms with Gasteiger partial charge in [-0.05, 0) is 30.7 Å². The number of thioether (sulfide) groups is 1. The van der Waals surface area contributed by atoms with Crippen molar-refractivity contribution >= 4 is 17.5 Å². The van der Waals surface area contributed by atoms with Crippen LogP contribution in [-0.2, 0) is 11.2 Å². The second-order valence-corrected chi connectivity index (χ2v) is 5.60. The van der Waals surface area contributed by atoms with Crippen molar-refractivity contribution in [1.82, 2.24) is 0 Å². The third-order valence-corrected chi connectivity index (χ3v) is 3.90. The molecule has 20 heavy (non-hydrogen) atoms. The SMILES string of the molecule is Cc1ccc(SCC(=O)Cc2ccc(F)cc2F)cc1. The molecule has 0 saturated carbocycles. The zero-order chi connectivity index (χ0) is 14.5. The Balaban J connectivity index is 1.90. The fourth-order valence-electron chi connectivity index (χ4n) is 1.73. The Morgan fingerprint density at radius 3 is 2.45 bits per heavy atom. The van der Waals surface area contributed by atoms with Gasteiger partial charge >= 0.3 is 0 Å². The van der Waals surface area contributed by atoms with E-state index < -0.39 is 11.6 Å². The topological polar surface area (TPSA) is 17.1 Å². The van der Waals surface area contributed by atoms with E-state index in [-0.39, 0.29) is 23.5 Å². The summed E-state index contributed by atoms with van der Waals surface area (Å²) in [5.41, 5.74) is 1.40. The van der Waals surface area contributed by atoms with Crippen LogP contribution in [-0.4, -0.2) is 11.5 Å². The first-order valence-electron chi connectivity index (χ1n) is 6.19. The predicted octanol–water partition coefficient (Wildman–Crippen LogP) is 4.18. The maximum atomic E-state index is 13.4. The van der Waals surface area contributed by atoms with Gasteiger partial charge in [-0.1, -0.05) is 23.8 Å². The standard InChI is InChI=1S/C16H14F2OS/c1-11-2-6-15(7-3-11)20-10-14(19)8-12-4-5-13(17)9-16(12)18/h2-7,9H,8,10H2,1H3. The number of carbonyl (C=O) groups excluding carboxylic acids is 1. The predicted molar refractivity (Wildman–Crippen MR) is 77.0 cm³/mol. The van der Waals surface area contributed by atoms with Crippen LogP contribution < -0.4 is 0 Å². The molecule has 2 aromatic rings. The number of hydrogen-bond acceptors (Lipinski definition) is 2. The number of halogens is 2. The molecule has 0 aliphatic rings. The van der Waals surface area contributed by atoms with Crippen molar-refractivity contribution in [2.45, 2.75) is 18.2 Å². The van der Waals surface area contributed by atoms with Crippen LogP contribution in [0.4, 0.5) is 8.78 Å². The van der Waals surface area contributed by atoms with E-state index in [0.717, 1.165) is 16.5 Å². The van der Waals surface area contributed by atoms with Crippen molar-refractivity contribution in [3.63, 3.8) is 0 Å². The summed E-state index contributed by atoms with van der Waals surface area (Å²) >= 11 is 1.42. The highest BCUT2D eigenvalue weighted by Crippen LogP contribution is 2.19. The van der Waals surface area contributed by atoms with E-state index in [4.69, 9.17) is 0 Å². The highest BCUT2D eigenvalue weighted by Gasteiger charge is 2.09. The summed E-state index contributed by atoms with van der Waals surface area (Å²) in [6.07, 6.45) is -0.00895. The molecule has 0 atom stereocenters. The van der Waals surface area contributed by atoms with Crippen LogP contribution in [0.3, 0.4) is 0 Å². The minimum Gasteiger partial charge on any atom is -0.298 e. The number of aryl methyl sites for hydroxylation is 1. The molecule has 0 bridgehead atoms. The minimum absolute atomic E-state index is 0.00895. The van der Waals surface area contributed by atoms with Crippen molar-refractivity contribution in [3.05, 3.63) is 65.2 Å². The molecule has 0 saturated heterocycles. The van der Waals surface area contributed by atoms with Crippen molar-refractivity contribution in [1.29, 1.82) is 0 Å². The van der Waals surface area contributed by atoms with E-state index in [2.05, 4.69) is 0 Å². The lowest BCUT2D eigenvalue weighted by Crippen LogP contribution is -2.07. The maximum Gasteiger partial charge on any atom is 0.147 e. The number of Topliss-reactive ketones (excluding diaryl/α,β-unsaturated/α-hetero) is 1. The number of carbonyl (C=O) groups is 1. The van der Waals surface area contributed by atoms with Crippen LogP contribution >= 0.6 is 11.8 Å². The largest absolute Gasteiger partial charge is 0.298 e. The molecule has 0 amide bonds. The lowest BCUT2D eigenvalue weighted by atomic mass is 10.1. The number of hydrogen-bond donors (Lipinski definition) is 0. The summed E-state index contributed by atoms with van der Waals surface area (Å²) in [7, 11) is 0. The van der Waals surface area contributed by atoms with E-state index in [9.17, 15) is 13.6 Å². The Bertz CT molecular complexity index is 608. The Morgan fingerprint density at radius 1 is 1.10 bits per heavy atom. The normalized spacial score (nSPS) is 10.6. The molecule has 0 spiro atoms. The number of benzene rings is 2. The first-order valence-corrected chi connectivity index (χ1v) is 7.18. The second kappa shape index (κ2) is 6.66. The minimum atomic E-state index is -0.668. The third kappa shape index (κ3) is 4.17. The van der Waals surface area contributed by atoms with Gasteiger partial charge in [-0.3, -0.25) is 4.79 Å². The van der Waals surface area contributed by atoms with Crippen LogP contribution in [0.15, 0.2) is 47.4 Å². The van der Waals surface area contributed by atoms with E-state index in [1.807, 2.05) is 31.2 Å². The van der Waals surface area contributed by atoms with Gasteiger partial charge in [0.2, 0.25) is 0 Å². The van der Waals surface area contributed by atoms with Gasteiger partial charge in [-0.25, -0.2) is 8.78 Å². The average molecular weight is 292 g/mol. The molecule has 0 N–H and O–H groups in total. The van der Waals surface area contributed by atoms with Gasteiger partial charge in [0, 0.05) is 17.4 Å². The Labute approximate surface area is 121 Å². The molecule has 0 radical (unpaired) electrons. The molecule has 0 heterocycles. The zero-order valence-corrected chi connectivity index (χ0v) is 11.8. The molecule has 4 heteroatoms. The quantitative estimate of drug-likeness (QED) is 0.769. The first-order chi connectivity index (χ1) is 9.54. The van der Waals surface area contributed by atoms with Crippen molar-refractivity contribution < 1.29 is 13.6 Å². The van der Waals surface area contributed by atoms with Crippen molar-refractivity contribution in [2.75, 3.05) is 5.75 Å². The molecular formula is C16H14F2OS. The maximum absolute atomic E-state index is 13.4. The van der Waals surface area contributed by atoms with Crippen LogP contribution in [0, 0.1) is 18.6 Å². The fourth-order valence-corrected chi connectivity index (χ4v) is 2.49. The monoisotopic (exact) mass is 292 g/mol. The van der Waals surface area contributed by atoms with Crippen LogP contribution in [0.2, 0.25) is 0 Å². The van der Waals surface area contributed by atoms with Crippen LogP contribution in [0.25, 0.3) is 0 Å². The highest BCUT2D eigenvalue weighted by molar-refractivity contribution is 8.00. The van der Waals surface area contributed by atoms with Gasteiger partial charge in [0.1, 0.15) is 17.4 Å². The lowest BCUT2D eigenvalue weighted by Gasteiger charge is -2.04. The van der Waals surface area contributed by atoms with E-state index in [0.29, 0.717) is 0 Å². The summed E-state index contributed by atoms with van der Waals surface area (Å²) in [5, 5.41) is 0. The van der Waals surface area contributed by atoms with E-state index in [1.165, 1.54) is 23.9 Å². The summed E-state index contributed by atoms with van der Waals surface area (Å²) in [4.78, 5) is 12.8. The van der Waals surface area contributed by atoms with Gasteiger partial charge in [0.05, 0.1) is 5.75 Å². The molecule has 2 aromatic carbocycles. The van der Waals surface area contributed by atoms with Gasteiger partial charge in [0.25, 0.3) is 0 Å². The van der Waals surface area contributed by atoms with Crippen LogP contribution in [0.1, 0.15) is 11.1 Å². The van der Waals surface area contributed by atoms with E-state index >= 15 is 0 Å². The Kier molecular flexibility index (Phi) is 4.90. The van der Waals surface area contributed by atoms with Gasteiger partial charge in [-0.2, -0.15) is 0 Å². The van der Waals surface area contributed by atoms with Gasteiger partial charge in [0.15, 0.2) is 0 Å². The molecule has 0 aliphatic carbocycles.